The number of carbonyl (C=O) groups excluding carboxylic acids is 2. The van der Waals surface area contributed by atoms with E-state index in [1.165, 1.54) is 6.08 Å². The number of hydrogen-bond donors (Lipinski definition) is 0. The van der Waals surface area contributed by atoms with Gasteiger partial charge in [0.1, 0.15) is 0 Å². The summed E-state index contributed by atoms with van der Waals surface area (Å²) < 4.78 is 5.11. The SMILES string of the molecule is C=C[C@@H](c1ccccc1)[C@@](Cl)(C(=O)OCC)C(=O)c1ccccc1. The lowest BCUT2D eigenvalue weighted by atomic mass is 9.80. The number of carbonyl (C=O) groups is 2. The summed E-state index contributed by atoms with van der Waals surface area (Å²) in [4.78, 5) is 23.8. The van der Waals surface area contributed by atoms with Crippen molar-refractivity contribution in [3.63, 3.8) is 0 Å². The van der Waals surface area contributed by atoms with Crippen LogP contribution in [0.25, 0.3) is 0 Å². The highest BCUT2D eigenvalue weighted by molar-refractivity contribution is 6.48. The highest BCUT2D eigenvalue weighted by Crippen LogP contribution is 2.39. The van der Waals surface area contributed by atoms with Crippen LogP contribution in [0.5, 0.6) is 0 Å². The lowest BCUT2D eigenvalue weighted by Gasteiger charge is -2.30. The van der Waals surface area contributed by atoms with Crippen LogP contribution in [0.2, 0.25) is 0 Å². The van der Waals surface area contributed by atoms with Crippen molar-refractivity contribution < 1.29 is 14.3 Å². The molecule has 2 rings (SSSR count). The van der Waals surface area contributed by atoms with Crippen LogP contribution < -0.4 is 0 Å². The van der Waals surface area contributed by atoms with Gasteiger partial charge in [-0.15, -0.1) is 6.58 Å². The summed E-state index contributed by atoms with van der Waals surface area (Å²) >= 11 is 6.66. The van der Waals surface area contributed by atoms with Gasteiger partial charge in [-0.05, 0) is 12.5 Å². The number of benzene rings is 2. The zero-order chi connectivity index (χ0) is 17.6. The van der Waals surface area contributed by atoms with Gasteiger partial charge in [0.15, 0.2) is 5.78 Å². The monoisotopic (exact) mass is 342 g/mol. The van der Waals surface area contributed by atoms with Crippen molar-refractivity contribution in [2.24, 2.45) is 0 Å². The van der Waals surface area contributed by atoms with Gasteiger partial charge in [0.2, 0.25) is 4.87 Å². The van der Waals surface area contributed by atoms with Crippen molar-refractivity contribution in [1.82, 2.24) is 0 Å². The smallest absolute Gasteiger partial charge is 0.336 e. The molecule has 0 aliphatic rings. The first-order valence-corrected chi connectivity index (χ1v) is 8.07. The molecule has 0 unspecified atom stereocenters. The van der Waals surface area contributed by atoms with E-state index in [2.05, 4.69) is 6.58 Å². The molecule has 2 aromatic rings. The van der Waals surface area contributed by atoms with E-state index in [1.54, 1.807) is 49.4 Å². The molecule has 0 aliphatic heterocycles. The van der Waals surface area contributed by atoms with Crippen LogP contribution in [0.4, 0.5) is 0 Å². The second kappa shape index (κ2) is 7.93. The molecule has 2 aromatic carbocycles. The molecule has 0 fully saturated rings. The quantitative estimate of drug-likeness (QED) is 0.246. The number of allylic oxidation sites excluding steroid dienone is 1. The highest BCUT2D eigenvalue weighted by Gasteiger charge is 2.51. The lowest BCUT2D eigenvalue weighted by Crippen LogP contribution is -2.47. The van der Waals surface area contributed by atoms with Gasteiger partial charge >= 0.3 is 5.97 Å². The third kappa shape index (κ3) is 3.41. The van der Waals surface area contributed by atoms with Crippen molar-refractivity contribution in [1.29, 1.82) is 0 Å². The van der Waals surface area contributed by atoms with E-state index in [0.717, 1.165) is 5.56 Å². The normalized spacial score (nSPS) is 14.2. The Bertz CT molecular complexity index is 712. The first-order valence-electron chi connectivity index (χ1n) is 7.69. The fourth-order valence-corrected chi connectivity index (χ4v) is 2.96. The summed E-state index contributed by atoms with van der Waals surface area (Å²) in [5, 5.41) is 0. The topological polar surface area (TPSA) is 43.4 Å². The fraction of sp³-hybridized carbons (Fsp3) is 0.200. The highest BCUT2D eigenvalue weighted by atomic mass is 35.5. The van der Waals surface area contributed by atoms with Gasteiger partial charge in [-0.2, -0.15) is 0 Å². The minimum atomic E-state index is -1.90. The van der Waals surface area contributed by atoms with Crippen LogP contribution in [0, 0.1) is 0 Å². The molecule has 4 heteroatoms. The van der Waals surface area contributed by atoms with Crippen LogP contribution in [0.1, 0.15) is 28.8 Å². The van der Waals surface area contributed by atoms with E-state index in [-0.39, 0.29) is 6.61 Å². The number of rotatable bonds is 7. The van der Waals surface area contributed by atoms with Gasteiger partial charge in [0.05, 0.1) is 6.61 Å². The summed E-state index contributed by atoms with van der Waals surface area (Å²) in [6.45, 7) is 5.58. The number of halogens is 1. The third-order valence-corrected chi connectivity index (χ3v) is 4.32. The van der Waals surface area contributed by atoms with E-state index in [4.69, 9.17) is 16.3 Å². The number of hydrogen-bond acceptors (Lipinski definition) is 3. The van der Waals surface area contributed by atoms with Gasteiger partial charge in [0.25, 0.3) is 0 Å². The molecule has 0 aromatic heterocycles. The second-order valence-corrected chi connectivity index (χ2v) is 5.85. The van der Waals surface area contributed by atoms with Crippen LogP contribution >= 0.6 is 11.6 Å². The molecule has 124 valence electrons. The van der Waals surface area contributed by atoms with Crippen LogP contribution in [0.15, 0.2) is 73.3 Å². The second-order valence-electron chi connectivity index (χ2n) is 5.25. The van der Waals surface area contributed by atoms with Gasteiger partial charge in [0, 0.05) is 11.5 Å². The van der Waals surface area contributed by atoms with Crippen LogP contribution in [-0.2, 0) is 9.53 Å². The zero-order valence-corrected chi connectivity index (χ0v) is 14.2. The molecule has 0 amide bonds. The summed E-state index contributed by atoms with van der Waals surface area (Å²) in [5.41, 5.74) is 1.07. The molecule has 0 spiro atoms. The van der Waals surface area contributed by atoms with Gasteiger partial charge in [-0.25, -0.2) is 4.79 Å². The van der Waals surface area contributed by atoms with E-state index in [9.17, 15) is 9.59 Å². The Morgan fingerprint density at radius 2 is 1.67 bits per heavy atom. The first-order chi connectivity index (χ1) is 11.6. The van der Waals surface area contributed by atoms with E-state index < -0.39 is 22.5 Å². The largest absolute Gasteiger partial charge is 0.464 e. The molecule has 0 radical (unpaired) electrons. The van der Waals surface area contributed by atoms with Crippen molar-refractivity contribution in [3.8, 4) is 0 Å². The average Bonchev–Trinajstić information content (AvgIpc) is 2.63. The molecule has 24 heavy (non-hydrogen) atoms. The molecule has 0 bridgehead atoms. The Morgan fingerprint density at radius 1 is 1.12 bits per heavy atom. The van der Waals surface area contributed by atoms with Crippen molar-refractivity contribution in [2.75, 3.05) is 6.61 Å². The predicted molar refractivity (Wildman–Crippen MR) is 95.4 cm³/mol. The molecule has 0 N–H and O–H groups in total. The van der Waals surface area contributed by atoms with Crippen molar-refractivity contribution in [2.45, 2.75) is 17.7 Å². The Morgan fingerprint density at radius 3 is 2.17 bits per heavy atom. The Hall–Kier alpha value is -2.39. The molecule has 2 atom stereocenters. The number of Topliss-reactive ketones (excluding diaryl/α,β-unsaturated/α-hetero) is 1. The minimum Gasteiger partial charge on any atom is -0.464 e. The maximum atomic E-state index is 13.1. The van der Waals surface area contributed by atoms with Gasteiger partial charge in [-0.3, -0.25) is 4.79 Å². The molecule has 0 saturated heterocycles. The number of esters is 1. The predicted octanol–water partition coefficient (Wildman–Crippen LogP) is 4.38. The van der Waals surface area contributed by atoms with E-state index in [1.807, 2.05) is 18.2 Å². The van der Waals surface area contributed by atoms with E-state index >= 15 is 0 Å². The molecule has 3 nitrogen and oxygen atoms in total. The lowest BCUT2D eigenvalue weighted by molar-refractivity contribution is -0.145. The Labute approximate surface area is 146 Å². The van der Waals surface area contributed by atoms with Gasteiger partial charge < -0.3 is 4.74 Å². The van der Waals surface area contributed by atoms with Gasteiger partial charge in [-0.1, -0.05) is 78.3 Å². The first kappa shape index (κ1) is 18.0. The average molecular weight is 343 g/mol. The summed E-state index contributed by atoms with van der Waals surface area (Å²) in [7, 11) is 0. The Balaban J connectivity index is 2.56. The molecular weight excluding hydrogens is 324 g/mol. The maximum Gasteiger partial charge on any atom is 0.336 e. The maximum absolute atomic E-state index is 13.1. The van der Waals surface area contributed by atoms with Crippen LogP contribution in [0.3, 0.4) is 0 Å². The summed E-state index contributed by atoms with van der Waals surface area (Å²) in [6.07, 6.45) is 1.51. The number of ketones is 1. The molecule has 0 aliphatic carbocycles. The summed E-state index contributed by atoms with van der Waals surface area (Å²) in [5.74, 6) is -1.99. The third-order valence-electron chi connectivity index (χ3n) is 3.76. The number of ether oxygens (including phenoxy) is 1. The molecular formula is C20H19ClO3. The molecule has 0 heterocycles. The van der Waals surface area contributed by atoms with E-state index in [0.29, 0.717) is 5.56 Å². The molecule has 0 saturated carbocycles. The van der Waals surface area contributed by atoms with Crippen LogP contribution in [-0.4, -0.2) is 23.2 Å². The van der Waals surface area contributed by atoms with Crippen molar-refractivity contribution >= 4 is 23.4 Å². The van der Waals surface area contributed by atoms with Crippen molar-refractivity contribution in [3.05, 3.63) is 84.4 Å². The zero-order valence-electron chi connectivity index (χ0n) is 13.4. The Kier molecular flexibility index (Phi) is 5.93. The fourth-order valence-electron chi connectivity index (χ4n) is 2.59. The summed E-state index contributed by atoms with van der Waals surface area (Å²) in [6, 6.07) is 17.6. The standard InChI is InChI=1S/C20H19ClO3/c1-3-17(15-11-7-5-8-12-15)20(21,19(23)24-4-2)18(22)16-13-9-6-10-14-16/h3,5-14,17H,1,4H2,2H3/t17-,20-/m0/s1. The minimum absolute atomic E-state index is 0.133. The number of alkyl halides is 1.